The normalized spacial score (nSPS) is 49.3. The first kappa shape index (κ1) is 40.5. The number of aliphatic hydroxyl groups is 8. The van der Waals surface area contributed by atoms with Crippen molar-refractivity contribution < 1.29 is 86.8 Å². The van der Waals surface area contributed by atoms with Crippen LogP contribution >= 0.6 is 0 Å². The lowest BCUT2D eigenvalue weighted by Gasteiger charge is -2.47. The molecule has 0 amide bonds. The van der Waals surface area contributed by atoms with Crippen LogP contribution in [-0.2, 0) is 38.8 Å². The van der Waals surface area contributed by atoms with Crippen molar-refractivity contribution >= 4 is 10.4 Å². The Bertz CT molecular complexity index is 1070. The van der Waals surface area contributed by atoms with Crippen LogP contribution in [0.1, 0.15) is 6.42 Å². The molecule has 0 radical (unpaired) electrons. The molecule has 19 atom stereocenters. The lowest BCUT2D eigenvalue weighted by molar-refractivity contribution is -0.310. The largest absolute Gasteiger partial charge is 0.394 e. The fourth-order valence-electron chi connectivity index (χ4n) is 5.70. The van der Waals surface area contributed by atoms with Crippen LogP contribution in [0.25, 0.3) is 0 Å². The molecule has 4 rings (SSSR count). The van der Waals surface area contributed by atoms with Crippen molar-refractivity contribution in [2.45, 2.75) is 123 Å². The minimum Gasteiger partial charge on any atom is -0.394 e. The molecule has 1 saturated carbocycles. The molecule has 3 heterocycles. The van der Waals surface area contributed by atoms with E-state index in [9.17, 15) is 40.9 Å². The highest BCUT2D eigenvalue weighted by Crippen LogP contribution is 2.34. The van der Waals surface area contributed by atoms with E-state index in [1.165, 1.54) is 0 Å². The van der Waals surface area contributed by atoms with Gasteiger partial charge in [-0.15, -0.1) is 0 Å². The monoisotopic (exact) mass is 713 g/mol. The van der Waals surface area contributed by atoms with Gasteiger partial charge in [0.25, 0.3) is 0 Å². The Morgan fingerprint density at radius 1 is 0.574 bits per heavy atom. The van der Waals surface area contributed by atoms with Crippen LogP contribution in [0, 0.1) is 0 Å². The van der Waals surface area contributed by atoms with E-state index in [-0.39, 0.29) is 13.0 Å². The molecule has 1 aliphatic carbocycles. The third-order valence-corrected chi connectivity index (χ3v) is 8.32. The number of hydrogen-bond donors (Lipinski definition) is 15. The molecule has 24 heteroatoms. The molecule has 4 fully saturated rings. The number of rotatable bonds is 9. The maximum absolute atomic E-state index is 11.1. The first-order valence-electron chi connectivity index (χ1n) is 14.5. The smallest absolute Gasteiger partial charge is 0.394 e. The molecule has 3 saturated heterocycles. The van der Waals surface area contributed by atoms with E-state index in [0.717, 1.165) is 0 Å². The molecular weight excluding hydrogens is 666 g/mol. The molecule has 47 heavy (non-hydrogen) atoms. The van der Waals surface area contributed by atoms with Gasteiger partial charge in [-0.05, 0) is 6.42 Å². The summed E-state index contributed by atoms with van der Waals surface area (Å²) in [5.41, 5.74) is 29.9. The van der Waals surface area contributed by atoms with Gasteiger partial charge in [-0.2, -0.15) is 8.42 Å². The Hall–Kier alpha value is -0.890. The van der Waals surface area contributed by atoms with Crippen LogP contribution < -0.4 is 28.7 Å². The van der Waals surface area contributed by atoms with Crippen LogP contribution in [0.4, 0.5) is 0 Å². The first-order valence-corrected chi connectivity index (χ1v) is 15.9. The van der Waals surface area contributed by atoms with Crippen molar-refractivity contribution in [3.8, 4) is 0 Å². The van der Waals surface area contributed by atoms with Gasteiger partial charge in [-0.1, -0.05) is 0 Å². The standard InChI is InChI=1S/C23H45N5O14.H2O4S/c24-2-7-13(32)15(34)10(27)21(37-7)41-19-9(4-30)39-23(17(19)36)42-20-12(31)5(25)1-6(26)18(20)40-22-11(28)16(35)14(33)8(3-29)38-22;1-5(2,3)4/h5-23,29-36H,1-4,24-28H2;(H2,1,2,3,4)/t5-,6-,7-,8+,9+,10+,11+,12-,13-,14-,15+,16+,17-,18+,19+,20+,21+,22+,23+;/m1./s1. The molecule has 23 nitrogen and oxygen atoms in total. The van der Waals surface area contributed by atoms with Crippen molar-refractivity contribution in [3.05, 3.63) is 0 Å². The van der Waals surface area contributed by atoms with E-state index in [4.69, 9.17) is 74.6 Å². The van der Waals surface area contributed by atoms with Crippen LogP contribution in [0.5, 0.6) is 0 Å². The number of ether oxygens (including phenoxy) is 6. The summed E-state index contributed by atoms with van der Waals surface area (Å²) in [4.78, 5) is 0. The summed E-state index contributed by atoms with van der Waals surface area (Å²) in [6, 6.07) is -4.30. The average Bonchev–Trinajstić information content (AvgIpc) is 3.30. The predicted octanol–water partition coefficient (Wildman–Crippen LogP) is -9.51. The maximum atomic E-state index is 11.1. The van der Waals surface area contributed by atoms with Gasteiger partial charge in [0.15, 0.2) is 18.9 Å². The summed E-state index contributed by atoms with van der Waals surface area (Å²) in [5, 5.41) is 82.3. The minimum atomic E-state index is -4.67. The second kappa shape index (κ2) is 16.9. The van der Waals surface area contributed by atoms with Gasteiger partial charge < -0.3 is 97.9 Å². The Kier molecular flexibility index (Phi) is 14.6. The zero-order chi connectivity index (χ0) is 35.5. The molecule has 20 N–H and O–H groups in total. The van der Waals surface area contributed by atoms with E-state index in [1.54, 1.807) is 0 Å². The Balaban J connectivity index is 0.00000111. The van der Waals surface area contributed by atoms with Crippen LogP contribution in [-0.4, -0.2) is 194 Å². The molecule has 0 bridgehead atoms. The van der Waals surface area contributed by atoms with Crippen molar-refractivity contribution in [2.24, 2.45) is 28.7 Å². The van der Waals surface area contributed by atoms with Gasteiger partial charge in [-0.3, -0.25) is 9.11 Å². The minimum absolute atomic E-state index is 0.0642. The molecule has 0 spiro atoms. The highest BCUT2D eigenvalue weighted by Gasteiger charge is 2.54. The van der Waals surface area contributed by atoms with Gasteiger partial charge in [0.1, 0.15) is 67.1 Å². The predicted molar refractivity (Wildman–Crippen MR) is 151 cm³/mol. The molecular formula is C23H47N5O18S. The van der Waals surface area contributed by atoms with Crippen molar-refractivity contribution in [1.29, 1.82) is 0 Å². The molecule has 0 aromatic rings. The molecule has 4 aliphatic rings. The van der Waals surface area contributed by atoms with Gasteiger partial charge >= 0.3 is 10.4 Å². The summed E-state index contributed by atoms with van der Waals surface area (Å²) in [7, 11) is -4.67. The SMILES string of the molecule is NC[C@H]1O[C@@H](O[C@@H]2[C@@H](O)[C@H](O[C@H]3[C@H](O)[C@H](N)C[C@@H](N)[C@@H]3O[C@@H]3O[C@@H](CO)[C@@H](O)[C@@H](O)[C@@H]3N)O[C@H]2CO)[C@@H](N)[C@H](O)[C@@H]1O.O=S(=O)(O)O. The van der Waals surface area contributed by atoms with Crippen LogP contribution in [0.15, 0.2) is 0 Å². The summed E-state index contributed by atoms with van der Waals surface area (Å²) in [5.74, 6) is 0. The lowest BCUT2D eigenvalue weighted by atomic mass is 9.84. The third kappa shape index (κ3) is 9.67. The summed E-state index contributed by atoms with van der Waals surface area (Å²) in [6.07, 6.45) is -20.5. The van der Waals surface area contributed by atoms with Gasteiger partial charge in [0, 0.05) is 18.6 Å². The van der Waals surface area contributed by atoms with Crippen molar-refractivity contribution in [3.63, 3.8) is 0 Å². The Labute approximate surface area is 268 Å². The molecule has 0 unspecified atom stereocenters. The lowest BCUT2D eigenvalue weighted by Crippen LogP contribution is -2.68. The van der Waals surface area contributed by atoms with E-state index in [1.807, 2.05) is 0 Å². The number of hydrogen-bond acceptors (Lipinski definition) is 21. The van der Waals surface area contributed by atoms with Gasteiger partial charge in [0.05, 0.1) is 31.4 Å². The number of aliphatic hydroxyl groups excluding tert-OH is 8. The van der Waals surface area contributed by atoms with Gasteiger partial charge in [0.2, 0.25) is 0 Å². The second-order valence-corrected chi connectivity index (χ2v) is 12.5. The maximum Gasteiger partial charge on any atom is 0.394 e. The van der Waals surface area contributed by atoms with Crippen molar-refractivity contribution in [2.75, 3.05) is 19.8 Å². The zero-order valence-corrected chi connectivity index (χ0v) is 25.6. The molecule has 278 valence electrons. The van der Waals surface area contributed by atoms with Crippen LogP contribution in [0.2, 0.25) is 0 Å². The summed E-state index contributed by atoms with van der Waals surface area (Å²) < 4.78 is 66.0. The molecule has 3 aliphatic heterocycles. The summed E-state index contributed by atoms with van der Waals surface area (Å²) in [6.45, 7) is -1.49. The van der Waals surface area contributed by atoms with E-state index < -0.39 is 140 Å². The van der Waals surface area contributed by atoms with E-state index in [0.29, 0.717) is 0 Å². The topological polar surface area (TPSA) is 422 Å². The molecule has 0 aromatic heterocycles. The average molecular weight is 714 g/mol. The zero-order valence-electron chi connectivity index (χ0n) is 24.8. The van der Waals surface area contributed by atoms with E-state index >= 15 is 0 Å². The third-order valence-electron chi connectivity index (χ3n) is 8.32. The van der Waals surface area contributed by atoms with Crippen LogP contribution in [0.3, 0.4) is 0 Å². The highest BCUT2D eigenvalue weighted by molar-refractivity contribution is 7.79. The Morgan fingerprint density at radius 2 is 1.00 bits per heavy atom. The fourth-order valence-corrected chi connectivity index (χ4v) is 5.70. The fraction of sp³-hybridized carbons (Fsp3) is 1.00. The highest BCUT2D eigenvalue weighted by atomic mass is 32.3. The molecule has 0 aromatic carbocycles. The van der Waals surface area contributed by atoms with Gasteiger partial charge in [-0.25, -0.2) is 0 Å². The summed E-state index contributed by atoms with van der Waals surface area (Å²) >= 11 is 0. The van der Waals surface area contributed by atoms with E-state index in [2.05, 4.69) is 0 Å². The van der Waals surface area contributed by atoms with Crippen molar-refractivity contribution in [1.82, 2.24) is 0 Å². The number of nitrogens with two attached hydrogens (primary N) is 5. The quantitative estimate of drug-likeness (QED) is 0.0986. The Morgan fingerprint density at radius 3 is 1.49 bits per heavy atom. The first-order chi connectivity index (χ1) is 21.8. The second-order valence-electron chi connectivity index (χ2n) is 11.6.